The normalized spacial score (nSPS) is 11.5. The molecule has 0 fully saturated rings. The number of hydrogen-bond donors (Lipinski definition) is 1. The summed E-state index contributed by atoms with van der Waals surface area (Å²) in [6.07, 6.45) is 0. The fraction of sp³-hybridized carbons (Fsp3) is 0. The Hall–Kier alpha value is -3.56. The lowest BCUT2D eigenvalue weighted by Crippen LogP contribution is -2.28. The van der Waals surface area contributed by atoms with Crippen molar-refractivity contribution in [2.45, 2.75) is 0 Å². The highest BCUT2D eigenvalue weighted by Gasteiger charge is 2.22. The number of non-ortho nitro benzene ring substituents is 2. The maximum atomic E-state index is 10.8. The minimum absolute atomic E-state index is 0.0300. The van der Waals surface area contributed by atoms with Gasteiger partial charge >= 0.3 is 0 Å². The lowest BCUT2D eigenvalue weighted by Gasteiger charge is -1.88. The quantitative estimate of drug-likeness (QED) is 0.340. The summed E-state index contributed by atoms with van der Waals surface area (Å²) in [5.74, 6) is 0. The van der Waals surface area contributed by atoms with Gasteiger partial charge in [-0.2, -0.15) is 0 Å². The molecule has 4 rings (SSSR count). The number of nitrogens with zero attached hydrogens (tertiary/aromatic N) is 5. The summed E-state index contributed by atoms with van der Waals surface area (Å²) in [7, 11) is 0. The molecule has 0 aliphatic rings. The number of nitrogens with one attached hydrogen (secondary N) is 1. The first-order valence-corrected chi connectivity index (χ1v) is 6.20. The molecule has 0 radical (unpaired) electrons. The summed E-state index contributed by atoms with van der Waals surface area (Å²) in [6, 6.07) is 8.69. The Morgan fingerprint density at radius 3 is 2.45 bits per heavy atom. The fourth-order valence-electron chi connectivity index (χ4n) is 2.42. The molecule has 0 unspecified atom stereocenters. The van der Waals surface area contributed by atoms with Crippen molar-refractivity contribution >= 4 is 33.4 Å². The topological polar surface area (TPSA) is 123 Å². The van der Waals surface area contributed by atoms with Crippen molar-refractivity contribution in [3.05, 3.63) is 56.6 Å². The molecule has 22 heavy (non-hydrogen) atoms. The number of aromatic nitrogens is 4. The Labute approximate surface area is 120 Å². The number of hydrogen-bond acceptors (Lipinski definition) is 5. The zero-order chi connectivity index (χ0) is 15.4. The van der Waals surface area contributed by atoms with Crippen LogP contribution in [0, 0.1) is 20.2 Å². The molecular formula is C12H7N6O4+. The van der Waals surface area contributed by atoms with Crippen LogP contribution >= 0.6 is 0 Å². The first kappa shape index (κ1) is 12.2. The first-order valence-electron chi connectivity index (χ1n) is 6.20. The van der Waals surface area contributed by atoms with Gasteiger partial charge in [-0.15, -0.1) is 0 Å². The van der Waals surface area contributed by atoms with Crippen LogP contribution in [-0.4, -0.2) is 24.7 Å². The second-order valence-corrected chi connectivity index (χ2v) is 4.70. The van der Waals surface area contributed by atoms with Gasteiger partial charge in [-0.05, 0) is 10.7 Å². The Morgan fingerprint density at radius 2 is 1.73 bits per heavy atom. The third-order valence-corrected chi connectivity index (χ3v) is 3.42. The molecular weight excluding hydrogens is 292 g/mol. The van der Waals surface area contributed by atoms with Crippen molar-refractivity contribution in [2.75, 3.05) is 0 Å². The van der Waals surface area contributed by atoms with Crippen molar-refractivity contribution in [2.24, 2.45) is 0 Å². The lowest BCUT2D eigenvalue weighted by atomic mass is 10.3. The molecule has 10 nitrogen and oxygen atoms in total. The number of nitro groups is 2. The Kier molecular flexibility index (Phi) is 2.20. The minimum atomic E-state index is -0.487. The predicted molar refractivity (Wildman–Crippen MR) is 73.5 cm³/mol. The van der Waals surface area contributed by atoms with E-state index in [1.807, 2.05) is 0 Å². The van der Waals surface area contributed by atoms with Crippen LogP contribution in [0.4, 0.5) is 11.4 Å². The molecule has 0 aliphatic carbocycles. The van der Waals surface area contributed by atoms with Crippen LogP contribution in [0.5, 0.6) is 0 Å². The van der Waals surface area contributed by atoms with Gasteiger partial charge in [0, 0.05) is 28.9 Å². The van der Waals surface area contributed by atoms with Crippen LogP contribution in [0.2, 0.25) is 0 Å². The second-order valence-electron chi connectivity index (χ2n) is 4.70. The molecule has 0 atom stereocenters. The largest absolute Gasteiger partial charge is 0.274 e. The number of fused-ring (bicyclic) bond motifs is 5. The van der Waals surface area contributed by atoms with Crippen LogP contribution in [0.15, 0.2) is 36.4 Å². The van der Waals surface area contributed by atoms with Crippen molar-refractivity contribution in [1.82, 2.24) is 14.8 Å². The summed E-state index contributed by atoms with van der Waals surface area (Å²) in [5.41, 5.74) is 2.17. The Balaban J connectivity index is 2.05. The third-order valence-electron chi connectivity index (χ3n) is 3.42. The number of nitro benzene ring substituents is 2. The van der Waals surface area contributed by atoms with Crippen molar-refractivity contribution in [3.8, 4) is 0 Å². The lowest BCUT2D eigenvalue weighted by molar-refractivity contribution is -0.649. The maximum Gasteiger partial charge on any atom is 0.274 e. The molecule has 1 N–H and O–H groups in total. The molecule has 4 aromatic rings. The zero-order valence-electron chi connectivity index (χ0n) is 10.8. The molecule has 0 bridgehead atoms. The van der Waals surface area contributed by atoms with Gasteiger partial charge in [-0.1, -0.05) is 0 Å². The zero-order valence-corrected chi connectivity index (χ0v) is 10.8. The Bertz CT molecular complexity index is 1010. The summed E-state index contributed by atoms with van der Waals surface area (Å²) in [4.78, 5) is 20.7. The summed E-state index contributed by atoms with van der Waals surface area (Å²) in [6.45, 7) is 0. The van der Waals surface area contributed by atoms with Crippen LogP contribution in [0.3, 0.4) is 0 Å². The minimum Gasteiger partial charge on any atom is -0.258 e. The van der Waals surface area contributed by atoms with E-state index in [1.165, 1.54) is 28.9 Å². The molecule has 10 heteroatoms. The van der Waals surface area contributed by atoms with E-state index in [0.717, 1.165) is 0 Å². The number of aromatic amines is 1. The van der Waals surface area contributed by atoms with Gasteiger partial charge in [0.1, 0.15) is 5.52 Å². The highest BCUT2D eigenvalue weighted by molar-refractivity contribution is 5.79. The van der Waals surface area contributed by atoms with Crippen molar-refractivity contribution in [3.63, 3.8) is 0 Å². The van der Waals surface area contributed by atoms with Gasteiger partial charge in [0.15, 0.2) is 5.52 Å². The molecule has 2 aromatic carbocycles. The smallest absolute Gasteiger partial charge is 0.258 e. The van der Waals surface area contributed by atoms with Gasteiger partial charge < -0.3 is 0 Å². The summed E-state index contributed by atoms with van der Waals surface area (Å²) < 4.78 is 3.08. The van der Waals surface area contributed by atoms with Crippen LogP contribution in [0.25, 0.3) is 22.1 Å². The molecule has 0 saturated carbocycles. The van der Waals surface area contributed by atoms with E-state index in [-0.39, 0.29) is 11.4 Å². The molecule has 0 amide bonds. The van der Waals surface area contributed by atoms with Crippen LogP contribution in [-0.2, 0) is 0 Å². The monoisotopic (exact) mass is 299 g/mol. The highest BCUT2D eigenvalue weighted by Crippen LogP contribution is 2.20. The van der Waals surface area contributed by atoms with E-state index in [0.29, 0.717) is 22.1 Å². The van der Waals surface area contributed by atoms with Crippen LogP contribution in [0.1, 0.15) is 0 Å². The average Bonchev–Trinajstić information content (AvgIpc) is 3.01. The van der Waals surface area contributed by atoms with E-state index >= 15 is 0 Å². The van der Waals surface area contributed by atoms with E-state index < -0.39 is 9.85 Å². The van der Waals surface area contributed by atoms with Gasteiger partial charge in [-0.25, -0.2) is 5.10 Å². The molecule has 2 heterocycles. The fourth-order valence-corrected chi connectivity index (χ4v) is 2.42. The maximum absolute atomic E-state index is 10.8. The van der Waals surface area contributed by atoms with E-state index in [4.69, 9.17) is 0 Å². The van der Waals surface area contributed by atoms with Crippen molar-refractivity contribution < 1.29 is 14.5 Å². The standard InChI is InChI=1S/C12H7N6O4/c19-17(20)7-1-3-11-9(5-7)13-16-12-4-2-8(18(21)22)6-10(12)14-15(11)16/h1-6,13H/q+1. The van der Waals surface area contributed by atoms with Gasteiger partial charge in [-0.3, -0.25) is 20.2 Å². The van der Waals surface area contributed by atoms with Crippen LogP contribution < -0.4 is 4.63 Å². The molecule has 2 aromatic heterocycles. The highest BCUT2D eigenvalue weighted by atomic mass is 16.6. The molecule has 108 valence electrons. The van der Waals surface area contributed by atoms with E-state index in [2.05, 4.69) is 10.2 Å². The van der Waals surface area contributed by atoms with Crippen molar-refractivity contribution in [1.29, 1.82) is 0 Å². The van der Waals surface area contributed by atoms with E-state index in [9.17, 15) is 20.2 Å². The molecule has 0 spiro atoms. The number of rotatable bonds is 2. The predicted octanol–water partition coefficient (Wildman–Crippen LogP) is 1.37. The Morgan fingerprint density at radius 1 is 1.05 bits per heavy atom. The summed E-state index contributed by atoms with van der Waals surface area (Å²) >= 11 is 0. The van der Waals surface area contributed by atoms with Gasteiger partial charge in [0.25, 0.3) is 16.9 Å². The van der Waals surface area contributed by atoms with Gasteiger partial charge in [0.05, 0.1) is 21.0 Å². The third kappa shape index (κ3) is 1.54. The molecule has 0 saturated heterocycles. The second kappa shape index (κ2) is 3.97. The first-order chi connectivity index (χ1) is 10.5. The average molecular weight is 299 g/mol. The molecule has 0 aliphatic heterocycles. The summed E-state index contributed by atoms with van der Waals surface area (Å²) in [5, 5.41) is 28.9. The number of benzene rings is 2. The van der Waals surface area contributed by atoms with Gasteiger partial charge in [0.2, 0.25) is 5.52 Å². The SMILES string of the molecule is O=[N+]([O-])c1ccc2c(c1)nn1c3ccc([N+](=O)[O-])cc3[nH][n+]21. The number of H-pyrrole nitrogens is 1. The van der Waals surface area contributed by atoms with E-state index in [1.54, 1.807) is 16.8 Å².